The molecular formula is C26H31NO. The van der Waals surface area contributed by atoms with E-state index in [2.05, 4.69) is 100 Å². The summed E-state index contributed by atoms with van der Waals surface area (Å²) < 4.78 is 5.87. The van der Waals surface area contributed by atoms with Gasteiger partial charge in [0.15, 0.2) is 0 Å². The number of ether oxygens (including phenoxy) is 1. The second-order valence-electron chi connectivity index (χ2n) is 8.51. The number of anilines is 1. The number of allylic oxidation sites excluding steroid dienone is 3. The molecule has 0 spiro atoms. The Morgan fingerprint density at radius 3 is 2.39 bits per heavy atom. The van der Waals surface area contributed by atoms with Crippen molar-refractivity contribution in [2.45, 2.75) is 33.1 Å². The Kier molecular flexibility index (Phi) is 4.93. The SMILES string of the molecule is CCOCC1=C(c2ccccc2)C(C)C1/C=C1/N(C)c2ccccc2C1(C)C. The zero-order valence-corrected chi connectivity index (χ0v) is 17.7. The van der Waals surface area contributed by atoms with Crippen molar-refractivity contribution in [3.8, 4) is 0 Å². The van der Waals surface area contributed by atoms with Crippen LogP contribution in [0.25, 0.3) is 5.57 Å². The fraction of sp³-hybridized carbons (Fsp3) is 0.385. The summed E-state index contributed by atoms with van der Waals surface area (Å²) in [4.78, 5) is 2.38. The highest BCUT2D eigenvalue weighted by molar-refractivity contribution is 5.79. The minimum absolute atomic E-state index is 0.0181. The molecule has 2 heteroatoms. The monoisotopic (exact) mass is 373 g/mol. The highest BCUT2D eigenvalue weighted by Gasteiger charge is 2.42. The van der Waals surface area contributed by atoms with Gasteiger partial charge in [-0.2, -0.15) is 0 Å². The van der Waals surface area contributed by atoms with Crippen LogP contribution in [0.1, 0.15) is 38.8 Å². The van der Waals surface area contributed by atoms with Gasteiger partial charge in [-0.15, -0.1) is 0 Å². The van der Waals surface area contributed by atoms with Crippen molar-refractivity contribution in [3.05, 3.63) is 83.1 Å². The first kappa shape index (κ1) is 19.0. The molecule has 2 aliphatic rings. The third-order valence-electron chi connectivity index (χ3n) is 6.57. The summed E-state index contributed by atoms with van der Waals surface area (Å²) in [6.45, 7) is 10.6. The molecule has 146 valence electrons. The first-order chi connectivity index (χ1) is 13.5. The molecule has 4 rings (SSSR count). The van der Waals surface area contributed by atoms with E-state index < -0.39 is 0 Å². The number of likely N-dealkylation sites (N-methyl/N-ethyl adjacent to an activating group) is 1. The fourth-order valence-electron chi connectivity index (χ4n) is 5.03. The van der Waals surface area contributed by atoms with E-state index in [1.54, 1.807) is 0 Å². The second-order valence-corrected chi connectivity index (χ2v) is 8.51. The van der Waals surface area contributed by atoms with Crippen molar-refractivity contribution < 1.29 is 4.74 Å². The van der Waals surface area contributed by atoms with Gasteiger partial charge in [-0.1, -0.05) is 75.4 Å². The molecule has 2 atom stereocenters. The Balaban J connectivity index is 1.74. The van der Waals surface area contributed by atoms with Crippen LogP contribution in [0.15, 0.2) is 71.9 Å². The maximum absolute atomic E-state index is 5.87. The molecule has 2 nitrogen and oxygen atoms in total. The maximum Gasteiger partial charge on any atom is 0.0688 e. The van der Waals surface area contributed by atoms with Crippen molar-refractivity contribution in [1.29, 1.82) is 0 Å². The standard InChI is InChI=1S/C26H31NO/c1-6-28-17-21-20(18(2)25(21)19-12-8-7-9-13-19)16-24-26(3,4)22-14-10-11-15-23(22)27(24)5/h7-16,18,20H,6,17H2,1-5H3/b24-16+. The van der Waals surface area contributed by atoms with Gasteiger partial charge < -0.3 is 9.64 Å². The highest BCUT2D eigenvalue weighted by Crippen LogP contribution is 2.52. The molecule has 2 aromatic carbocycles. The molecule has 0 radical (unpaired) electrons. The fourth-order valence-corrected chi connectivity index (χ4v) is 5.03. The van der Waals surface area contributed by atoms with Crippen molar-refractivity contribution in [2.24, 2.45) is 11.8 Å². The average molecular weight is 374 g/mol. The quantitative estimate of drug-likeness (QED) is 0.632. The number of nitrogens with zero attached hydrogens (tertiary/aromatic N) is 1. The lowest BCUT2D eigenvalue weighted by Crippen LogP contribution is -2.32. The lowest BCUT2D eigenvalue weighted by molar-refractivity contribution is 0.159. The van der Waals surface area contributed by atoms with Gasteiger partial charge >= 0.3 is 0 Å². The van der Waals surface area contributed by atoms with E-state index >= 15 is 0 Å². The van der Waals surface area contributed by atoms with Crippen LogP contribution in [0, 0.1) is 11.8 Å². The predicted molar refractivity (Wildman–Crippen MR) is 118 cm³/mol. The van der Waals surface area contributed by atoms with Gasteiger partial charge in [0.1, 0.15) is 0 Å². The topological polar surface area (TPSA) is 12.5 Å². The number of benzene rings is 2. The Hall–Kier alpha value is -2.32. The lowest BCUT2D eigenvalue weighted by Gasteiger charge is -2.40. The predicted octanol–water partition coefficient (Wildman–Crippen LogP) is 6.05. The van der Waals surface area contributed by atoms with E-state index in [0.717, 1.165) is 13.2 Å². The van der Waals surface area contributed by atoms with Crippen LogP contribution in [-0.4, -0.2) is 20.3 Å². The van der Waals surface area contributed by atoms with E-state index in [9.17, 15) is 0 Å². The Bertz CT molecular complexity index is 922. The van der Waals surface area contributed by atoms with Crippen molar-refractivity contribution in [3.63, 3.8) is 0 Å². The molecule has 0 N–H and O–H groups in total. The number of rotatable bonds is 5. The van der Waals surface area contributed by atoms with E-state index in [1.807, 2.05) is 0 Å². The summed E-state index contributed by atoms with van der Waals surface area (Å²) in [6, 6.07) is 19.6. The molecule has 0 aromatic heterocycles. The number of para-hydroxylation sites is 1. The van der Waals surface area contributed by atoms with Crippen LogP contribution in [0.5, 0.6) is 0 Å². The van der Waals surface area contributed by atoms with Crippen LogP contribution >= 0.6 is 0 Å². The normalized spacial score (nSPS) is 24.5. The first-order valence-electron chi connectivity index (χ1n) is 10.4. The van der Waals surface area contributed by atoms with Gasteiger partial charge in [-0.3, -0.25) is 0 Å². The summed E-state index contributed by atoms with van der Waals surface area (Å²) in [7, 11) is 2.20. The molecule has 1 heterocycles. The van der Waals surface area contributed by atoms with Gasteiger partial charge in [0.05, 0.1) is 6.61 Å². The maximum atomic E-state index is 5.87. The number of hydrogen-bond acceptors (Lipinski definition) is 2. The molecular weight excluding hydrogens is 342 g/mol. The van der Waals surface area contributed by atoms with Gasteiger partial charge in [0.25, 0.3) is 0 Å². The molecule has 1 aliphatic carbocycles. The Morgan fingerprint density at radius 1 is 1.04 bits per heavy atom. The van der Waals surface area contributed by atoms with Crippen molar-refractivity contribution >= 4 is 11.3 Å². The molecule has 0 amide bonds. The summed E-state index contributed by atoms with van der Waals surface area (Å²) >= 11 is 0. The van der Waals surface area contributed by atoms with Crippen LogP contribution < -0.4 is 4.90 Å². The van der Waals surface area contributed by atoms with Crippen LogP contribution in [-0.2, 0) is 10.2 Å². The number of fused-ring (bicyclic) bond motifs is 1. The van der Waals surface area contributed by atoms with Crippen molar-refractivity contribution in [1.82, 2.24) is 0 Å². The van der Waals surface area contributed by atoms with Crippen LogP contribution in [0.4, 0.5) is 5.69 Å². The van der Waals surface area contributed by atoms with Crippen LogP contribution in [0.2, 0.25) is 0 Å². The summed E-state index contributed by atoms with van der Waals surface area (Å²) in [5.41, 5.74) is 8.39. The van der Waals surface area contributed by atoms with E-state index in [4.69, 9.17) is 4.74 Å². The molecule has 0 fully saturated rings. The summed E-state index contributed by atoms with van der Waals surface area (Å²) in [5.74, 6) is 0.922. The average Bonchev–Trinajstić information content (AvgIpc) is 2.90. The third-order valence-corrected chi connectivity index (χ3v) is 6.57. The second kappa shape index (κ2) is 7.25. The third kappa shape index (κ3) is 2.91. The molecule has 1 aliphatic heterocycles. The molecule has 2 aromatic rings. The molecule has 0 saturated carbocycles. The summed E-state index contributed by atoms with van der Waals surface area (Å²) in [5, 5.41) is 0. The van der Waals surface area contributed by atoms with Gasteiger partial charge in [0, 0.05) is 36.4 Å². The number of hydrogen-bond donors (Lipinski definition) is 0. The van der Waals surface area contributed by atoms with Gasteiger partial charge in [0.2, 0.25) is 0 Å². The van der Waals surface area contributed by atoms with Gasteiger partial charge in [-0.25, -0.2) is 0 Å². The highest BCUT2D eigenvalue weighted by atomic mass is 16.5. The minimum atomic E-state index is 0.0181. The van der Waals surface area contributed by atoms with Crippen molar-refractivity contribution in [2.75, 3.05) is 25.2 Å². The minimum Gasteiger partial charge on any atom is -0.377 e. The zero-order chi connectivity index (χ0) is 19.9. The Labute approximate surface area is 169 Å². The van der Waals surface area contributed by atoms with Crippen LogP contribution in [0.3, 0.4) is 0 Å². The molecule has 0 saturated heterocycles. The van der Waals surface area contributed by atoms with Gasteiger partial charge in [-0.05, 0) is 41.2 Å². The smallest absolute Gasteiger partial charge is 0.0688 e. The zero-order valence-electron chi connectivity index (χ0n) is 17.7. The lowest BCUT2D eigenvalue weighted by atomic mass is 9.65. The van der Waals surface area contributed by atoms with E-state index in [-0.39, 0.29) is 5.41 Å². The largest absolute Gasteiger partial charge is 0.377 e. The molecule has 0 bridgehead atoms. The Morgan fingerprint density at radius 2 is 1.71 bits per heavy atom. The van der Waals surface area contributed by atoms with E-state index in [1.165, 1.54) is 33.7 Å². The first-order valence-corrected chi connectivity index (χ1v) is 10.4. The molecule has 28 heavy (non-hydrogen) atoms. The van der Waals surface area contributed by atoms with E-state index in [0.29, 0.717) is 11.8 Å². The molecule has 2 unspecified atom stereocenters. The summed E-state index contributed by atoms with van der Waals surface area (Å²) in [6.07, 6.45) is 2.51.